The molecule has 2 rings (SSSR count). The van der Waals surface area contributed by atoms with E-state index in [1.54, 1.807) is 6.21 Å². The molecule has 1 aromatic rings. The summed E-state index contributed by atoms with van der Waals surface area (Å²) in [5.74, 6) is 0.378. The number of amidine groups is 1. The van der Waals surface area contributed by atoms with Crippen molar-refractivity contribution in [3.63, 3.8) is 0 Å². The topological polar surface area (TPSA) is 53.8 Å². The number of carbonyl (C=O) groups is 1. The number of nitrogens with zero attached hydrogens (tertiary/aromatic N) is 2. The van der Waals surface area contributed by atoms with Crippen LogP contribution in [0, 0.1) is 0 Å². The van der Waals surface area contributed by atoms with Crippen molar-refractivity contribution >= 4 is 40.7 Å². The molecule has 1 aliphatic heterocycles. The Morgan fingerprint density at radius 3 is 3.06 bits per heavy atom. The molecule has 0 aromatic heterocycles. The van der Waals surface area contributed by atoms with Crippen molar-refractivity contribution in [1.82, 2.24) is 5.32 Å². The van der Waals surface area contributed by atoms with Gasteiger partial charge >= 0.3 is 0 Å². The van der Waals surface area contributed by atoms with Crippen LogP contribution in [0.5, 0.6) is 0 Å². The Morgan fingerprint density at radius 2 is 2.39 bits per heavy atom. The number of nitrogens with one attached hydrogen (secondary N) is 1. The maximum Gasteiger partial charge on any atom is 0.236 e. The zero-order valence-corrected chi connectivity index (χ0v) is 11.4. The lowest BCUT2D eigenvalue weighted by molar-refractivity contribution is -0.116. The summed E-state index contributed by atoms with van der Waals surface area (Å²) >= 11 is 7.38. The van der Waals surface area contributed by atoms with Crippen LogP contribution in [0.3, 0.4) is 0 Å². The zero-order chi connectivity index (χ0) is 13.0. The normalized spacial score (nSPS) is 17.7. The maximum atomic E-state index is 10.9. The van der Waals surface area contributed by atoms with Gasteiger partial charge in [-0.2, -0.15) is 5.10 Å². The Morgan fingerprint density at radius 1 is 1.56 bits per heavy atom. The fourth-order valence-corrected chi connectivity index (χ4v) is 2.36. The lowest BCUT2D eigenvalue weighted by Crippen LogP contribution is -2.19. The highest BCUT2D eigenvalue weighted by atomic mass is 35.5. The van der Waals surface area contributed by atoms with Gasteiger partial charge in [-0.15, -0.1) is 5.10 Å². The number of amides is 1. The van der Waals surface area contributed by atoms with Gasteiger partial charge in [0.2, 0.25) is 5.91 Å². The molecule has 6 heteroatoms. The van der Waals surface area contributed by atoms with E-state index in [1.807, 2.05) is 25.1 Å². The van der Waals surface area contributed by atoms with Crippen molar-refractivity contribution in [1.29, 1.82) is 0 Å². The van der Waals surface area contributed by atoms with Crippen LogP contribution in [0.15, 0.2) is 28.4 Å². The second kappa shape index (κ2) is 6.02. The maximum absolute atomic E-state index is 10.9. The Bertz CT molecular complexity index is 528. The molecule has 1 fully saturated rings. The first-order valence-electron chi connectivity index (χ1n) is 5.51. The van der Waals surface area contributed by atoms with E-state index >= 15 is 0 Å². The van der Waals surface area contributed by atoms with Crippen LogP contribution < -0.4 is 5.32 Å². The molecule has 18 heavy (non-hydrogen) atoms. The molecule has 0 unspecified atom stereocenters. The van der Waals surface area contributed by atoms with Crippen LogP contribution in [0.4, 0.5) is 0 Å². The molecule has 0 atom stereocenters. The fourth-order valence-electron chi connectivity index (χ4n) is 1.47. The largest absolute Gasteiger partial charge is 0.303 e. The van der Waals surface area contributed by atoms with Gasteiger partial charge in [-0.05, 0) is 29.7 Å². The molecule has 0 radical (unpaired) electrons. The second-order valence-electron chi connectivity index (χ2n) is 3.69. The van der Waals surface area contributed by atoms with Gasteiger partial charge in [0.05, 0.1) is 12.0 Å². The average Bonchev–Trinajstić information content (AvgIpc) is 2.77. The number of halogens is 1. The van der Waals surface area contributed by atoms with E-state index < -0.39 is 0 Å². The molecule has 0 aliphatic carbocycles. The van der Waals surface area contributed by atoms with Crippen LogP contribution in [0.25, 0.3) is 0 Å². The fraction of sp³-hybridized carbons (Fsp3) is 0.250. The smallest absolute Gasteiger partial charge is 0.236 e. The van der Waals surface area contributed by atoms with Gasteiger partial charge in [-0.3, -0.25) is 4.79 Å². The Kier molecular flexibility index (Phi) is 4.38. The third-order valence-corrected chi connectivity index (χ3v) is 3.62. The van der Waals surface area contributed by atoms with Gasteiger partial charge in [-0.1, -0.05) is 36.4 Å². The van der Waals surface area contributed by atoms with Crippen LogP contribution in [0.2, 0.25) is 5.02 Å². The molecule has 1 N–H and O–H groups in total. The third-order valence-electron chi connectivity index (χ3n) is 2.39. The molecule has 1 aromatic carbocycles. The van der Waals surface area contributed by atoms with Gasteiger partial charge in [0.15, 0.2) is 5.17 Å². The van der Waals surface area contributed by atoms with Crippen LogP contribution >= 0.6 is 23.4 Å². The molecule has 0 spiro atoms. The number of rotatable bonds is 3. The molecule has 0 bridgehead atoms. The van der Waals surface area contributed by atoms with Crippen LogP contribution in [-0.4, -0.2) is 23.0 Å². The summed E-state index contributed by atoms with van der Waals surface area (Å²) in [5, 5.41) is 11.8. The number of aryl methyl sites for hydroxylation is 1. The second-order valence-corrected chi connectivity index (χ2v) is 5.06. The predicted octanol–water partition coefficient (Wildman–Crippen LogP) is 2.46. The van der Waals surface area contributed by atoms with E-state index in [0.717, 1.165) is 22.6 Å². The number of benzene rings is 1. The van der Waals surface area contributed by atoms with Crippen molar-refractivity contribution in [3.05, 3.63) is 34.3 Å². The monoisotopic (exact) mass is 281 g/mol. The summed E-state index contributed by atoms with van der Waals surface area (Å²) in [6, 6.07) is 5.71. The van der Waals surface area contributed by atoms with Crippen LogP contribution in [-0.2, 0) is 11.2 Å². The standard InChI is InChI=1S/C12H12ClN3OS/c1-2-9-5-8(3-4-10(9)13)6-14-16-12-15-11(17)7-18-12/h3-6H,2,7H2,1H3,(H,15,16,17). The first kappa shape index (κ1) is 13.1. The lowest BCUT2D eigenvalue weighted by atomic mass is 10.1. The van der Waals surface area contributed by atoms with Gasteiger partial charge in [0.1, 0.15) is 0 Å². The van der Waals surface area contributed by atoms with E-state index in [2.05, 4.69) is 15.5 Å². The first-order valence-corrected chi connectivity index (χ1v) is 6.87. The predicted molar refractivity (Wildman–Crippen MR) is 76.5 cm³/mol. The van der Waals surface area contributed by atoms with E-state index in [-0.39, 0.29) is 5.91 Å². The van der Waals surface area contributed by atoms with Crippen molar-refractivity contribution in [2.24, 2.45) is 10.2 Å². The van der Waals surface area contributed by atoms with Gasteiger partial charge in [0, 0.05) is 5.02 Å². The Hall–Kier alpha value is -1.33. The molecular formula is C12H12ClN3OS. The minimum atomic E-state index is -0.0336. The molecule has 1 saturated heterocycles. The summed E-state index contributed by atoms with van der Waals surface area (Å²) in [5.41, 5.74) is 2.02. The van der Waals surface area contributed by atoms with Gasteiger partial charge in [0.25, 0.3) is 0 Å². The highest BCUT2D eigenvalue weighted by Crippen LogP contribution is 2.17. The van der Waals surface area contributed by atoms with Gasteiger partial charge < -0.3 is 5.32 Å². The summed E-state index contributed by atoms with van der Waals surface area (Å²) in [6.07, 6.45) is 2.52. The van der Waals surface area contributed by atoms with E-state index in [9.17, 15) is 4.79 Å². The van der Waals surface area contributed by atoms with Crippen LogP contribution in [0.1, 0.15) is 18.1 Å². The summed E-state index contributed by atoms with van der Waals surface area (Å²) in [6.45, 7) is 2.05. The Labute approximate surface area is 115 Å². The molecule has 1 heterocycles. The minimum absolute atomic E-state index is 0.0336. The third kappa shape index (κ3) is 3.34. The molecule has 1 amide bonds. The average molecular weight is 282 g/mol. The van der Waals surface area contributed by atoms with E-state index in [4.69, 9.17) is 11.6 Å². The molecule has 94 valence electrons. The summed E-state index contributed by atoms with van der Waals surface area (Å²) < 4.78 is 0. The SMILES string of the molecule is CCc1cc(C=NN=C2NC(=O)CS2)ccc1Cl. The number of thioether (sulfide) groups is 1. The highest BCUT2D eigenvalue weighted by Gasteiger charge is 2.15. The highest BCUT2D eigenvalue weighted by molar-refractivity contribution is 8.15. The van der Waals surface area contributed by atoms with Crippen molar-refractivity contribution in [2.75, 3.05) is 5.75 Å². The summed E-state index contributed by atoms with van der Waals surface area (Å²) in [4.78, 5) is 10.9. The molecule has 1 aliphatic rings. The summed E-state index contributed by atoms with van der Waals surface area (Å²) in [7, 11) is 0. The Balaban J connectivity index is 2.07. The molecular weight excluding hydrogens is 270 g/mol. The van der Waals surface area contributed by atoms with E-state index in [0.29, 0.717) is 10.9 Å². The van der Waals surface area contributed by atoms with E-state index in [1.165, 1.54) is 11.8 Å². The van der Waals surface area contributed by atoms with Crippen molar-refractivity contribution < 1.29 is 4.79 Å². The lowest BCUT2D eigenvalue weighted by Gasteiger charge is -2.01. The first-order chi connectivity index (χ1) is 8.69. The van der Waals surface area contributed by atoms with Crippen molar-refractivity contribution in [2.45, 2.75) is 13.3 Å². The minimum Gasteiger partial charge on any atom is -0.303 e. The number of hydrogen-bond donors (Lipinski definition) is 1. The molecule has 4 nitrogen and oxygen atoms in total. The zero-order valence-electron chi connectivity index (χ0n) is 9.81. The number of hydrogen-bond acceptors (Lipinski definition) is 4. The molecule has 0 saturated carbocycles. The van der Waals surface area contributed by atoms with Gasteiger partial charge in [-0.25, -0.2) is 0 Å². The van der Waals surface area contributed by atoms with Crippen molar-refractivity contribution in [3.8, 4) is 0 Å². The number of carbonyl (C=O) groups excluding carboxylic acids is 1. The quantitative estimate of drug-likeness (QED) is 0.683.